The maximum Gasteiger partial charge on any atom is 0.264 e. The number of carbonyl (C=O) groups excluding carboxylic acids is 1. The molecule has 1 aliphatic rings. The summed E-state index contributed by atoms with van der Waals surface area (Å²) in [5.41, 5.74) is 1.92. The van der Waals surface area contributed by atoms with Crippen LogP contribution in [0.15, 0.2) is 64.4 Å². The number of rotatable bonds is 7. The molecule has 1 atom stereocenters. The fourth-order valence-corrected chi connectivity index (χ4v) is 6.71. The number of benzene rings is 2. The summed E-state index contributed by atoms with van der Waals surface area (Å²) in [6, 6.07) is 13.2. The third-order valence-electron chi connectivity index (χ3n) is 6.00. The third-order valence-corrected chi connectivity index (χ3v) is 9.23. The molecule has 0 radical (unpaired) electrons. The molecule has 1 amide bonds. The molecular weight excluding hydrogens is 514 g/mol. The topological polar surface area (TPSA) is 138 Å². The van der Waals surface area contributed by atoms with E-state index in [1.807, 2.05) is 6.92 Å². The Labute approximate surface area is 217 Å². The normalized spacial score (nSPS) is 16.8. The Morgan fingerprint density at radius 2 is 1.51 bits per heavy atom. The predicted molar refractivity (Wildman–Crippen MR) is 140 cm³/mol. The zero-order valence-electron chi connectivity index (χ0n) is 20.8. The number of hydrogen-bond donors (Lipinski definition) is 2. The van der Waals surface area contributed by atoms with Gasteiger partial charge in [0.15, 0.2) is 0 Å². The van der Waals surface area contributed by atoms with Gasteiger partial charge in [-0.1, -0.05) is 6.92 Å². The number of sulfonamides is 2. The number of piperidine rings is 1. The van der Waals surface area contributed by atoms with Gasteiger partial charge in [0.25, 0.3) is 15.9 Å². The number of hydrogen-bond acceptors (Lipinski definition) is 7. The zero-order valence-corrected chi connectivity index (χ0v) is 22.4. The summed E-state index contributed by atoms with van der Waals surface area (Å²) < 4.78 is 55.1. The molecule has 1 aliphatic heterocycles. The lowest BCUT2D eigenvalue weighted by Gasteiger charge is -2.30. The number of anilines is 2. The van der Waals surface area contributed by atoms with E-state index in [9.17, 15) is 21.6 Å². The predicted octanol–water partition coefficient (Wildman–Crippen LogP) is 3.57. The highest BCUT2D eigenvalue weighted by atomic mass is 32.2. The highest BCUT2D eigenvalue weighted by molar-refractivity contribution is 7.92. The zero-order chi connectivity index (χ0) is 26.8. The first-order chi connectivity index (χ1) is 17.4. The number of amides is 1. The molecule has 196 valence electrons. The second kappa shape index (κ2) is 10.6. The minimum Gasteiger partial charge on any atom is -0.322 e. The van der Waals surface area contributed by atoms with Crippen molar-refractivity contribution in [3.63, 3.8) is 0 Å². The first kappa shape index (κ1) is 26.7. The molecule has 1 unspecified atom stereocenters. The SMILES string of the molecule is Cc1cc(C)nc(NS(=O)(=O)c2ccc(NC(=O)c3ccc(S(=O)(=O)N4CCCC(C)C4)cc3)cc2)n1. The summed E-state index contributed by atoms with van der Waals surface area (Å²) in [5, 5.41) is 2.69. The van der Waals surface area contributed by atoms with E-state index in [1.165, 1.54) is 52.8 Å². The first-order valence-electron chi connectivity index (χ1n) is 11.8. The quantitative estimate of drug-likeness (QED) is 0.464. The summed E-state index contributed by atoms with van der Waals surface area (Å²) in [6.07, 6.45) is 1.84. The van der Waals surface area contributed by atoms with E-state index in [4.69, 9.17) is 0 Å². The Balaban J connectivity index is 1.42. The van der Waals surface area contributed by atoms with Gasteiger partial charge in [-0.15, -0.1) is 0 Å². The molecule has 0 spiro atoms. The lowest BCUT2D eigenvalue weighted by Crippen LogP contribution is -2.39. The van der Waals surface area contributed by atoms with Crippen LogP contribution >= 0.6 is 0 Å². The second-order valence-electron chi connectivity index (χ2n) is 9.19. The maximum atomic E-state index is 12.9. The Morgan fingerprint density at radius 1 is 0.919 bits per heavy atom. The van der Waals surface area contributed by atoms with Gasteiger partial charge < -0.3 is 5.32 Å². The first-order valence-corrected chi connectivity index (χ1v) is 14.7. The number of carbonyl (C=O) groups is 1. The fraction of sp³-hybridized carbons (Fsp3) is 0.320. The van der Waals surface area contributed by atoms with Crippen LogP contribution in [-0.4, -0.2) is 50.1 Å². The minimum absolute atomic E-state index is 0.0184. The third kappa shape index (κ3) is 6.32. The largest absolute Gasteiger partial charge is 0.322 e. The van der Waals surface area contributed by atoms with Gasteiger partial charge in [0.2, 0.25) is 16.0 Å². The molecule has 2 heterocycles. The van der Waals surface area contributed by atoms with Gasteiger partial charge in [0.1, 0.15) is 0 Å². The molecular formula is C25H29N5O5S2. The van der Waals surface area contributed by atoms with Gasteiger partial charge in [-0.25, -0.2) is 31.5 Å². The van der Waals surface area contributed by atoms with E-state index in [0.29, 0.717) is 36.1 Å². The van der Waals surface area contributed by atoms with Gasteiger partial charge >= 0.3 is 0 Å². The van der Waals surface area contributed by atoms with Crippen LogP contribution in [0.4, 0.5) is 11.6 Å². The summed E-state index contributed by atoms with van der Waals surface area (Å²) >= 11 is 0. The number of aromatic nitrogens is 2. The van der Waals surface area contributed by atoms with Gasteiger partial charge in [-0.05, 0) is 87.2 Å². The van der Waals surface area contributed by atoms with Gasteiger partial charge in [0, 0.05) is 35.7 Å². The van der Waals surface area contributed by atoms with Gasteiger partial charge in [-0.3, -0.25) is 4.79 Å². The smallest absolute Gasteiger partial charge is 0.264 e. The Bertz CT molecular complexity index is 1490. The molecule has 37 heavy (non-hydrogen) atoms. The molecule has 10 nitrogen and oxygen atoms in total. The van der Waals surface area contributed by atoms with Crippen LogP contribution in [0.2, 0.25) is 0 Å². The molecule has 12 heteroatoms. The molecule has 1 aromatic heterocycles. The van der Waals surface area contributed by atoms with E-state index in [0.717, 1.165) is 12.8 Å². The van der Waals surface area contributed by atoms with E-state index in [2.05, 4.69) is 20.0 Å². The van der Waals surface area contributed by atoms with Crippen LogP contribution in [0.5, 0.6) is 0 Å². The Hall–Kier alpha value is -3.35. The fourth-order valence-electron chi connectivity index (χ4n) is 4.16. The second-order valence-corrected chi connectivity index (χ2v) is 12.8. The minimum atomic E-state index is -3.92. The average Bonchev–Trinajstić information content (AvgIpc) is 2.83. The van der Waals surface area contributed by atoms with E-state index >= 15 is 0 Å². The van der Waals surface area contributed by atoms with Gasteiger partial charge in [-0.2, -0.15) is 4.31 Å². The van der Waals surface area contributed by atoms with Gasteiger partial charge in [0.05, 0.1) is 9.79 Å². The molecule has 0 aliphatic carbocycles. The van der Waals surface area contributed by atoms with Crippen LogP contribution in [0.1, 0.15) is 41.5 Å². The van der Waals surface area contributed by atoms with Crippen LogP contribution in [0, 0.1) is 19.8 Å². The Morgan fingerprint density at radius 3 is 2.11 bits per heavy atom. The summed E-state index contributed by atoms with van der Waals surface area (Å²) in [4.78, 5) is 21.0. The highest BCUT2D eigenvalue weighted by Gasteiger charge is 2.28. The number of nitrogens with one attached hydrogen (secondary N) is 2. The lowest BCUT2D eigenvalue weighted by atomic mass is 10.0. The van der Waals surface area contributed by atoms with Crippen molar-refractivity contribution < 1.29 is 21.6 Å². The molecule has 2 N–H and O–H groups in total. The van der Waals surface area contributed by atoms with Crippen molar-refractivity contribution >= 4 is 37.6 Å². The molecule has 4 rings (SSSR count). The molecule has 0 bridgehead atoms. The number of aryl methyl sites for hydroxylation is 2. The van der Waals surface area contributed by atoms with Crippen LogP contribution in [-0.2, 0) is 20.0 Å². The molecule has 1 saturated heterocycles. The van der Waals surface area contributed by atoms with Crippen LogP contribution in [0.3, 0.4) is 0 Å². The number of nitrogens with zero attached hydrogens (tertiary/aromatic N) is 3. The van der Waals surface area contributed by atoms with Crippen molar-refractivity contribution in [2.24, 2.45) is 5.92 Å². The monoisotopic (exact) mass is 543 g/mol. The summed E-state index contributed by atoms with van der Waals surface area (Å²) in [5.74, 6) is -0.158. The molecule has 2 aromatic carbocycles. The van der Waals surface area contributed by atoms with Crippen molar-refractivity contribution in [2.45, 2.75) is 43.4 Å². The maximum absolute atomic E-state index is 12.9. The van der Waals surface area contributed by atoms with Crippen molar-refractivity contribution in [3.8, 4) is 0 Å². The molecule has 1 fully saturated rings. The summed E-state index contributed by atoms with van der Waals surface area (Å²) in [6.45, 7) is 6.50. The lowest BCUT2D eigenvalue weighted by molar-refractivity contribution is 0.102. The van der Waals surface area contributed by atoms with E-state index < -0.39 is 26.0 Å². The van der Waals surface area contributed by atoms with Crippen molar-refractivity contribution in [3.05, 3.63) is 71.5 Å². The van der Waals surface area contributed by atoms with Crippen molar-refractivity contribution in [1.82, 2.24) is 14.3 Å². The van der Waals surface area contributed by atoms with E-state index in [1.54, 1.807) is 19.9 Å². The molecule has 3 aromatic rings. The van der Waals surface area contributed by atoms with Crippen molar-refractivity contribution in [1.29, 1.82) is 0 Å². The Kier molecular flexibility index (Phi) is 7.62. The van der Waals surface area contributed by atoms with E-state index in [-0.39, 0.29) is 21.3 Å². The van der Waals surface area contributed by atoms with Crippen molar-refractivity contribution in [2.75, 3.05) is 23.1 Å². The van der Waals surface area contributed by atoms with Crippen LogP contribution in [0.25, 0.3) is 0 Å². The molecule has 0 saturated carbocycles. The summed E-state index contributed by atoms with van der Waals surface area (Å²) in [7, 11) is -7.54. The standard InChI is InChI=1S/C25H29N5O5S2/c1-17-5-4-14-30(16-17)37(34,35)23-10-6-20(7-11-23)24(31)28-21-8-12-22(13-9-21)36(32,33)29-25-26-18(2)15-19(3)27-25/h6-13,15,17H,4-5,14,16H2,1-3H3,(H,28,31)(H,26,27,29). The average molecular weight is 544 g/mol. The van der Waals surface area contributed by atoms with Crippen LogP contribution < -0.4 is 10.0 Å². The highest BCUT2D eigenvalue weighted by Crippen LogP contribution is 2.24.